The topological polar surface area (TPSA) is 48.9 Å². The molecule has 0 saturated carbocycles. The summed E-state index contributed by atoms with van der Waals surface area (Å²) in [6, 6.07) is 6.91. The maximum Gasteiger partial charge on any atom is 0.225 e. The number of halogens is 3. The predicted octanol–water partition coefficient (Wildman–Crippen LogP) is 5.33. The van der Waals surface area contributed by atoms with Crippen LogP contribution in [0, 0.1) is 17.7 Å². The van der Waals surface area contributed by atoms with Crippen molar-refractivity contribution in [3.05, 3.63) is 57.5 Å². The van der Waals surface area contributed by atoms with Crippen LogP contribution in [0.2, 0.25) is 10.0 Å². The van der Waals surface area contributed by atoms with Gasteiger partial charge in [-0.1, -0.05) is 50.0 Å². The summed E-state index contributed by atoms with van der Waals surface area (Å²) >= 11 is 12.3. The highest BCUT2D eigenvalue weighted by molar-refractivity contribution is 6.35. The van der Waals surface area contributed by atoms with E-state index < -0.39 is 0 Å². The molecule has 6 nitrogen and oxygen atoms in total. The van der Waals surface area contributed by atoms with Gasteiger partial charge < -0.3 is 19.4 Å². The van der Waals surface area contributed by atoms with E-state index in [2.05, 4.69) is 28.6 Å². The number of pyridine rings is 1. The number of carbonyl (C=O) groups excluding carboxylic acids is 1. The van der Waals surface area contributed by atoms with Crippen molar-refractivity contribution in [1.29, 1.82) is 0 Å². The van der Waals surface area contributed by atoms with Crippen molar-refractivity contribution in [2.75, 3.05) is 58.3 Å². The summed E-state index contributed by atoms with van der Waals surface area (Å²) in [6.45, 7) is 9.78. The number of amides is 1. The number of aromatic nitrogens is 1. The summed E-state index contributed by atoms with van der Waals surface area (Å²) in [7, 11) is 3.99. The largest absolute Gasteiger partial charge is 0.372 e. The number of piperazine rings is 1. The molecule has 0 bridgehead atoms. The average molecular weight is 540 g/mol. The highest BCUT2D eigenvalue weighted by Gasteiger charge is 2.29. The molecule has 1 aromatic carbocycles. The fraction of sp³-hybridized carbons (Fsp3) is 0.556. The van der Waals surface area contributed by atoms with Crippen molar-refractivity contribution in [3.8, 4) is 0 Å². The maximum atomic E-state index is 14.3. The molecule has 0 spiro atoms. The summed E-state index contributed by atoms with van der Waals surface area (Å²) in [5, 5.41) is 1.16. The normalized spacial score (nSPS) is 16.1. The summed E-state index contributed by atoms with van der Waals surface area (Å²) in [5.41, 5.74) is 1.67. The standard InChI is InChI=1S/C27H37Cl2FN4O2/c1-18(2)25(36-13-12-32(4)5)23-16-22(30)17-31-26(23)33-8-10-34(11-9-33)27(35)19(3)14-20-6-7-21(28)15-24(20)29/h6-7,15-19,25H,8-14H2,1-5H3. The van der Waals surface area contributed by atoms with Gasteiger partial charge >= 0.3 is 0 Å². The van der Waals surface area contributed by atoms with E-state index in [4.69, 9.17) is 27.9 Å². The molecule has 1 aliphatic heterocycles. The molecule has 0 N–H and O–H groups in total. The molecular weight excluding hydrogens is 502 g/mol. The molecule has 2 atom stereocenters. The van der Waals surface area contributed by atoms with Gasteiger partial charge in [-0.05, 0) is 50.2 Å². The van der Waals surface area contributed by atoms with Crippen LogP contribution in [0.3, 0.4) is 0 Å². The Labute approximate surface area is 224 Å². The Hall–Kier alpha value is -1.93. The van der Waals surface area contributed by atoms with Crippen LogP contribution in [-0.2, 0) is 16.0 Å². The number of likely N-dealkylation sites (N-methyl/N-ethyl adjacent to an activating group) is 1. The molecule has 3 rings (SSSR count). The monoisotopic (exact) mass is 538 g/mol. The van der Waals surface area contributed by atoms with Gasteiger partial charge in [0.1, 0.15) is 11.6 Å². The van der Waals surface area contributed by atoms with E-state index in [9.17, 15) is 9.18 Å². The van der Waals surface area contributed by atoms with E-state index >= 15 is 0 Å². The fourth-order valence-electron chi connectivity index (χ4n) is 4.48. The average Bonchev–Trinajstić information content (AvgIpc) is 2.83. The minimum Gasteiger partial charge on any atom is -0.372 e. The van der Waals surface area contributed by atoms with E-state index in [0.717, 1.165) is 23.5 Å². The maximum absolute atomic E-state index is 14.3. The van der Waals surface area contributed by atoms with Gasteiger partial charge in [-0.3, -0.25) is 4.79 Å². The molecule has 9 heteroatoms. The first kappa shape index (κ1) is 28.6. The molecule has 2 aromatic rings. The second-order valence-electron chi connectivity index (χ2n) is 10.1. The van der Waals surface area contributed by atoms with Gasteiger partial charge in [0, 0.05) is 54.3 Å². The molecule has 1 fully saturated rings. The lowest BCUT2D eigenvalue weighted by atomic mass is 9.98. The summed E-state index contributed by atoms with van der Waals surface area (Å²) in [4.78, 5) is 23.7. The van der Waals surface area contributed by atoms with Crippen LogP contribution in [0.25, 0.3) is 0 Å². The van der Waals surface area contributed by atoms with E-state index in [1.165, 1.54) is 12.3 Å². The lowest BCUT2D eigenvalue weighted by molar-refractivity contribution is -0.135. The molecule has 2 heterocycles. The lowest BCUT2D eigenvalue weighted by Gasteiger charge is -2.38. The lowest BCUT2D eigenvalue weighted by Crippen LogP contribution is -2.51. The summed E-state index contributed by atoms with van der Waals surface area (Å²) in [5.74, 6) is 0.398. The van der Waals surface area contributed by atoms with Gasteiger partial charge in [-0.15, -0.1) is 0 Å². The Morgan fingerprint density at radius 3 is 2.44 bits per heavy atom. The van der Waals surface area contributed by atoms with Crippen LogP contribution in [0.1, 0.15) is 38.0 Å². The number of nitrogens with zero attached hydrogens (tertiary/aromatic N) is 4. The zero-order valence-electron chi connectivity index (χ0n) is 21.8. The molecule has 1 amide bonds. The second kappa shape index (κ2) is 13.0. The van der Waals surface area contributed by atoms with Gasteiger partial charge in [-0.2, -0.15) is 0 Å². The molecule has 0 radical (unpaired) electrons. The zero-order valence-corrected chi connectivity index (χ0v) is 23.3. The van der Waals surface area contributed by atoms with Crippen molar-refractivity contribution in [2.24, 2.45) is 11.8 Å². The van der Waals surface area contributed by atoms with Gasteiger partial charge in [0.15, 0.2) is 0 Å². The van der Waals surface area contributed by atoms with Gasteiger partial charge in [0.2, 0.25) is 5.91 Å². The second-order valence-corrected chi connectivity index (χ2v) is 10.9. The first-order valence-electron chi connectivity index (χ1n) is 12.5. The highest BCUT2D eigenvalue weighted by atomic mass is 35.5. The highest BCUT2D eigenvalue weighted by Crippen LogP contribution is 2.33. The van der Waals surface area contributed by atoms with E-state index in [0.29, 0.717) is 49.3 Å². The van der Waals surface area contributed by atoms with E-state index in [-0.39, 0.29) is 29.7 Å². The van der Waals surface area contributed by atoms with Gasteiger partial charge in [0.25, 0.3) is 0 Å². The van der Waals surface area contributed by atoms with Crippen LogP contribution in [0.5, 0.6) is 0 Å². The van der Waals surface area contributed by atoms with E-state index in [1.807, 2.05) is 32.0 Å². The zero-order chi connectivity index (χ0) is 26.4. The number of hydrogen-bond donors (Lipinski definition) is 0. The SMILES string of the molecule is CC(Cc1ccc(Cl)cc1Cl)C(=O)N1CCN(c2ncc(F)cc2C(OCCN(C)C)C(C)C)CC1. The Bertz CT molecular complexity index is 1030. The minimum absolute atomic E-state index is 0.0973. The first-order chi connectivity index (χ1) is 17.1. The Morgan fingerprint density at radius 2 is 1.83 bits per heavy atom. The van der Waals surface area contributed by atoms with Crippen LogP contribution in [0.4, 0.5) is 10.2 Å². The summed E-state index contributed by atoms with van der Waals surface area (Å²) in [6.07, 6.45) is 1.54. The molecular formula is C27H37Cl2FN4O2. The van der Waals surface area contributed by atoms with Crippen LogP contribution >= 0.6 is 23.2 Å². The Balaban J connectivity index is 1.67. The molecule has 1 aromatic heterocycles. The fourth-order valence-corrected chi connectivity index (χ4v) is 4.97. The Morgan fingerprint density at radius 1 is 1.14 bits per heavy atom. The molecule has 0 aliphatic carbocycles. The Kier molecular flexibility index (Phi) is 10.4. The number of carbonyl (C=O) groups is 1. The number of benzene rings is 1. The number of ether oxygens (including phenoxy) is 1. The summed E-state index contributed by atoms with van der Waals surface area (Å²) < 4.78 is 20.5. The van der Waals surface area contributed by atoms with Crippen molar-refractivity contribution < 1.29 is 13.9 Å². The van der Waals surface area contributed by atoms with Crippen LogP contribution in [0.15, 0.2) is 30.5 Å². The molecule has 1 saturated heterocycles. The number of rotatable bonds is 10. The van der Waals surface area contributed by atoms with E-state index in [1.54, 1.807) is 12.1 Å². The van der Waals surface area contributed by atoms with Gasteiger partial charge in [0.05, 0.1) is 18.9 Å². The van der Waals surface area contributed by atoms with Gasteiger partial charge in [-0.25, -0.2) is 9.37 Å². The van der Waals surface area contributed by atoms with Crippen molar-refractivity contribution in [2.45, 2.75) is 33.3 Å². The molecule has 36 heavy (non-hydrogen) atoms. The van der Waals surface area contributed by atoms with Crippen molar-refractivity contribution in [1.82, 2.24) is 14.8 Å². The molecule has 1 aliphatic rings. The number of hydrogen-bond acceptors (Lipinski definition) is 5. The third-order valence-corrected chi connectivity index (χ3v) is 7.05. The first-order valence-corrected chi connectivity index (χ1v) is 13.2. The van der Waals surface area contributed by atoms with Crippen molar-refractivity contribution in [3.63, 3.8) is 0 Å². The minimum atomic E-state index is -0.376. The molecule has 198 valence electrons. The van der Waals surface area contributed by atoms with Crippen LogP contribution in [-0.4, -0.2) is 74.1 Å². The molecule has 2 unspecified atom stereocenters. The van der Waals surface area contributed by atoms with Crippen molar-refractivity contribution >= 4 is 34.9 Å². The van der Waals surface area contributed by atoms with Crippen LogP contribution < -0.4 is 4.90 Å². The predicted molar refractivity (Wildman–Crippen MR) is 144 cm³/mol. The quantitative estimate of drug-likeness (QED) is 0.409. The smallest absolute Gasteiger partial charge is 0.225 e. The third kappa shape index (κ3) is 7.54. The number of anilines is 1. The third-order valence-electron chi connectivity index (χ3n) is 6.46.